The van der Waals surface area contributed by atoms with Crippen molar-refractivity contribution in [2.45, 2.75) is 6.42 Å². The van der Waals surface area contributed by atoms with Crippen LogP contribution in [0.25, 0.3) is 10.8 Å². The zero-order valence-corrected chi connectivity index (χ0v) is 21.1. The molecule has 37 heavy (non-hydrogen) atoms. The molecule has 4 aromatic rings. The molecule has 0 saturated carbocycles. The minimum absolute atomic E-state index is 0.171. The fourth-order valence-corrected chi connectivity index (χ4v) is 4.11. The number of rotatable bonds is 9. The molecule has 0 unspecified atom stereocenters. The van der Waals surface area contributed by atoms with Crippen molar-refractivity contribution < 1.29 is 19.1 Å². The van der Waals surface area contributed by atoms with Gasteiger partial charge in [0, 0.05) is 10.6 Å². The predicted molar refractivity (Wildman–Crippen MR) is 147 cm³/mol. The Morgan fingerprint density at radius 1 is 0.946 bits per heavy atom. The lowest BCUT2D eigenvalue weighted by atomic mass is 10.0. The summed E-state index contributed by atoms with van der Waals surface area (Å²) in [7, 11) is 0. The van der Waals surface area contributed by atoms with Crippen LogP contribution in [0.5, 0.6) is 11.5 Å². The Morgan fingerprint density at radius 2 is 1.73 bits per heavy atom. The van der Waals surface area contributed by atoms with Gasteiger partial charge in [-0.3, -0.25) is 4.79 Å². The van der Waals surface area contributed by atoms with Gasteiger partial charge in [-0.1, -0.05) is 77.8 Å². The fourth-order valence-electron chi connectivity index (χ4n) is 3.62. The van der Waals surface area contributed by atoms with Crippen molar-refractivity contribution in [3.05, 3.63) is 118 Å². The molecule has 0 saturated heterocycles. The Balaban J connectivity index is 1.51. The van der Waals surface area contributed by atoms with Gasteiger partial charge in [0.25, 0.3) is 5.91 Å². The number of ether oxygens (including phenoxy) is 2. The van der Waals surface area contributed by atoms with E-state index in [9.17, 15) is 9.59 Å². The Morgan fingerprint density at radius 3 is 2.54 bits per heavy atom. The van der Waals surface area contributed by atoms with Crippen molar-refractivity contribution in [2.75, 3.05) is 6.61 Å². The summed E-state index contributed by atoms with van der Waals surface area (Å²) < 4.78 is 11.3. The second-order valence-electron chi connectivity index (χ2n) is 7.89. The molecule has 0 aliphatic carbocycles. The van der Waals surface area contributed by atoms with Crippen molar-refractivity contribution in [2.24, 2.45) is 5.10 Å². The highest BCUT2D eigenvalue weighted by atomic mass is 35.5. The topological polar surface area (TPSA) is 77.0 Å². The molecular formula is C29H22Cl2N2O4. The van der Waals surface area contributed by atoms with Crippen LogP contribution in [0.2, 0.25) is 10.0 Å². The normalized spacial score (nSPS) is 10.9. The molecule has 0 spiro atoms. The summed E-state index contributed by atoms with van der Waals surface area (Å²) >= 11 is 12.1. The van der Waals surface area contributed by atoms with Gasteiger partial charge in [0.1, 0.15) is 11.5 Å². The quantitative estimate of drug-likeness (QED) is 0.0862. The SMILES string of the molecule is C=CCc1ccccc1OCC(=O)N/N=C/c1c(OC(=O)c2ccc(Cl)cc2Cl)ccc2ccccc12. The maximum absolute atomic E-state index is 12.8. The lowest BCUT2D eigenvalue weighted by Crippen LogP contribution is -2.25. The molecule has 0 heterocycles. The number of hydrazone groups is 1. The monoisotopic (exact) mass is 532 g/mol. The van der Waals surface area contributed by atoms with Gasteiger partial charge in [-0.05, 0) is 53.1 Å². The minimum Gasteiger partial charge on any atom is -0.483 e. The van der Waals surface area contributed by atoms with E-state index < -0.39 is 11.9 Å². The number of halogens is 2. The molecule has 6 nitrogen and oxygen atoms in total. The van der Waals surface area contributed by atoms with E-state index in [4.69, 9.17) is 32.7 Å². The van der Waals surface area contributed by atoms with Gasteiger partial charge in [0.15, 0.2) is 6.61 Å². The molecule has 0 aromatic heterocycles. The number of benzene rings is 4. The highest BCUT2D eigenvalue weighted by Gasteiger charge is 2.16. The smallest absolute Gasteiger partial charge is 0.345 e. The number of fused-ring (bicyclic) bond motifs is 1. The average Bonchev–Trinajstić information content (AvgIpc) is 2.89. The van der Waals surface area contributed by atoms with Gasteiger partial charge in [0.2, 0.25) is 0 Å². The van der Waals surface area contributed by atoms with Crippen molar-refractivity contribution in [3.63, 3.8) is 0 Å². The van der Waals surface area contributed by atoms with Gasteiger partial charge in [-0.25, -0.2) is 10.2 Å². The number of para-hydroxylation sites is 1. The van der Waals surface area contributed by atoms with E-state index in [-0.39, 0.29) is 22.9 Å². The molecule has 4 rings (SSSR count). The number of carbonyl (C=O) groups is 2. The second-order valence-corrected chi connectivity index (χ2v) is 8.74. The summed E-state index contributed by atoms with van der Waals surface area (Å²) in [5.74, 6) is -0.244. The lowest BCUT2D eigenvalue weighted by Gasteiger charge is -2.11. The number of nitrogens with zero attached hydrogens (tertiary/aromatic N) is 1. The molecule has 0 bridgehead atoms. The number of allylic oxidation sites excluding steroid dienone is 1. The van der Waals surface area contributed by atoms with E-state index in [1.807, 2.05) is 48.5 Å². The highest BCUT2D eigenvalue weighted by molar-refractivity contribution is 6.36. The van der Waals surface area contributed by atoms with Gasteiger partial charge in [0.05, 0.1) is 16.8 Å². The highest BCUT2D eigenvalue weighted by Crippen LogP contribution is 2.29. The third-order valence-corrected chi connectivity index (χ3v) is 5.91. The van der Waals surface area contributed by atoms with Crippen LogP contribution in [0.15, 0.2) is 96.6 Å². The van der Waals surface area contributed by atoms with Crippen LogP contribution in [0.1, 0.15) is 21.5 Å². The number of esters is 1. The number of hydrogen-bond acceptors (Lipinski definition) is 5. The molecule has 0 radical (unpaired) electrons. The summed E-state index contributed by atoms with van der Waals surface area (Å²) in [5.41, 5.74) is 4.06. The number of amides is 1. The first-order valence-corrected chi connectivity index (χ1v) is 12.0. The summed E-state index contributed by atoms with van der Waals surface area (Å²) in [6, 6.07) is 23.0. The molecular weight excluding hydrogens is 511 g/mol. The fraction of sp³-hybridized carbons (Fsp3) is 0.0690. The van der Waals surface area contributed by atoms with Crippen LogP contribution in [-0.4, -0.2) is 24.7 Å². The van der Waals surface area contributed by atoms with E-state index >= 15 is 0 Å². The molecule has 1 N–H and O–H groups in total. The van der Waals surface area contributed by atoms with Crippen molar-refractivity contribution >= 4 is 52.1 Å². The Labute approximate surface area is 224 Å². The molecule has 8 heteroatoms. The number of hydrogen-bond donors (Lipinski definition) is 1. The average molecular weight is 533 g/mol. The van der Waals surface area contributed by atoms with Crippen LogP contribution < -0.4 is 14.9 Å². The second kappa shape index (κ2) is 12.2. The van der Waals surface area contributed by atoms with Gasteiger partial charge in [-0.15, -0.1) is 6.58 Å². The van der Waals surface area contributed by atoms with E-state index in [1.165, 1.54) is 18.3 Å². The van der Waals surface area contributed by atoms with Gasteiger partial charge >= 0.3 is 5.97 Å². The Kier molecular flexibility index (Phi) is 8.56. The molecule has 186 valence electrons. The zero-order valence-electron chi connectivity index (χ0n) is 19.6. The van der Waals surface area contributed by atoms with Crippen molar-refractivity contribution in [1.82, 2.24) is 5.43 Å². The largest absolute Gasteiger partial charge is 0.483 e. The maximum Gasteiger partial charge on any atom is 0.345 e. The third kappa shape index (κ3) is 6.55. The van der Waals surface area contributed by atoms with Crippen LogP contribution >= 0.6 is 23.2 Å². The minimum atomic E-state index is -0.651. The first kappa shape index (κ1) is 25.9. The van der Waals surface area contributed by atoms with E-state index in [2.05, 4.69) is 17.1 Å². The van der Waals surface area contributed by atoms with E-state index in [1.54, 1.807) is 24.3 Å². The number of carbonyl (C=O) groups excluding carboxylic acids is 2. The van der Waals surface area contributed by atoms with Crippen LogP contribution in [0.3, 0.4) is 0 Å². The molecule has 0 atom stereocenters. The molecule has 0 fully saturated rings. The first-order valence-electron chi connectivity index (χ1n) is 11.3. The molecule has 1 amide bonds. The van der Waals surface area contributed by atoms with Crippen molar-refractivity contribution in [3.8, 4) is 11.5 Å². The van der Waals surface area contributed by atoms with Crippen molar-refractivity contribution in [1.29, 1.82) is 0 Å². The van der Waals surface area contributed by atoms with Gasteiger partial charge in [-0.2, -0.15) is 5.10 Å². The summed E-state index contributed by atoms with van der Waals surface area (Å²) in [4.78, 5) is 25.2. The van der Waals surface area contributed by atoms with Crippen LogP contribution in [0, 0.1) is 0 Å². The third-order valence-electron chi connectivity index (χ3n) is 5.36. The maximum atomic E-state index is 12.8. The molecule has 4 aromatic carbocycles. The van der Waals surface area contributed by atoms with Crippen LogP contribution in [-0.2, 0) is 11.2 Å². The Bertz CT molecular complexity index is 1500. The summed E-state index contributed by atoms with van der Waals surface area (Å²) in [6.07, 6.45) is 3.82. The Hall–Kier alpha value is -4.13. The first-order chi connectivity index (χ1) is 18.0. The predicted octanol–water partition coefficient (Wildman–Crippen LogP) is 6.62. The summed E-state index contributed by atoms with van der Waals surface area (Å²) in [5, 5.41) is 6.34. The lowest BCUT2D eigenvalue weighted by molar-refractivity contribution is -0.123. The van der Waals surface area contributed by atoms with E-state index in [0.717, 1.165) is 16.3 Å². The molecule has 0 aliphatic heterocycles. The summed E-state index contributed by atoms with van der Waals surface area (Å²) in [6.45, 7) is 3.51. The van der Waals surface area contributed by atoms with Crippen LogP contribution in [0.4, 0.5) is 0 Å². The molecule has 0 aliphatic rings. The number of nitrogens with one attached hydrogen (secondary N) is 1. The van der Waals surface area contributed by atoms with Gasteiger partial charge < -0.3 is 9.47 Å². The standard InChI is InChI=1S/C29H22Cl2N2O4/c1-2-7-20-9-4-6-11-26(20)36-18-28(34)33-32-17-24-22-10-5-3-8-19(22)12-15-27(24)37-29(35)23-14-13-21(30)16-25(23)31/h2-6,8-17H,1,7,18H2,(H,33,34)/b32-17+. The van der Waals surface area contributed by atoms with E-state index in [0.29, 0.717) is 22.8 Å². The zero-order chi connectivity index (χ0) is 26.2.